The Morgan fingerprint density at radius 2 is 1.84 bits per heavy atom. The molecule has 0 aliphatic heterocycles. The highest BCUT2D eigenvalue weighted by atomic mass is 35.5. The molecule has 0 amide bonds. The molecule has 0 spiro atoms. The van der Waals surface area contributed by atoms with Gasteiger partial charge < -0.3 is 18.9 Å². The van der Waals surface area contributed by atoms with Crippen molar-refractivity contribution >= 4 is 28.6 Å². The molecule has 0 bridgehead atoms. The van der Waals surface area contributed by atoms with Crippen LogP contribution in [0.2, 0.25) is 5.02 Å². The van der Waals surface area contributed by atoms with E-state index < -0.39 is 5.97 Å². The van der Waals surface area contributed by atoms with E-state index in [1.165, 1.54) is 31.7 Å². The summed E-state index contributed by atoms with van der Waals surface area (Å²) in [7, 11) is 0. The fraction of sp³-hybridized carbons (Fsp3) is 0.414. The van der Waals surface area contributed by atoms with Gasteiger partial charge in [-0.3, -0.25) is 0 Å². The van der Waals surface area contributed by atoms with Crippen LogP contribution in [0, 0.1) is 25.7 Å². The van der Waals surface area contributed by atoms with Crippen LogP contribution in [0.1, 0.15) is 67.4 Å². The number of aromatic carboxylic acids is 1. The standard InChI is InChI=1S/C29H30ClN3O4/c1-14(2)36-24-11-19(29(34)35)10-23(30)26(24)22-13-33(27(17-5-6-17)18-7-8-18)28-21(22)9-20(12-31-28)25-15(3)32-37-16(25)4/h9-14,17-18,27H,5-8H2,1-4H3,(H,34,35). The van der Waals surface area contributed by atoms with Gasteiger partial charge in [0.25, 0.3) is 0 Å². The number of carboxylic acid groups (broad SMARTS) is 1. The van der Waals surface area contributed by atoms with Gasteiger partial charge in [0.1, 0.15) is 17.2 Å². The Kier molecular flexibility index (Phi) is 5.79. The van der Waals surface area contributed by atoms with E-state index in [0.717, 1.165) is 39.2 Å². The second-order valence-electron chi connectivity index (χ2n) is 10.7. The summed E-state index contributed by atoms with van der Waals surface area (Å²) in [5.74, 6) is 1.47. The highest BCUT2D eigenvalue weighted by Crippen LogP contribution is 2.54. The zero-order valence-electron chi connectivity index (χ0n) is 21.4. The molecule has 2 aliphatic rings. The molecular formula is C29H30ClN3O4. The smallest absolute Gasteiger partial charge is 0.335 e. The first-order valence-electron chi connectivity index (χ1n) is 12.9. The zero-order valence-corrected chi connectivity index (χ0v) is 22.2. The Hall–Kier alpha value is -3.32. The number of aromatic nitrogens is 3. The number of nitrogens with zero attached hydrogens (tertiary/aromatic N) is 3. The molecule has 8 heteroatoms. The molecule has 4 aromatic rings. The molecule has 0 radical (unpaired) electrons. The number of aryl methyl sites for hydroxylation is 2. The first kappa shape index (κ1) is 24.0. The van der Waals surface area contributed by atoms with Gasteiger partial charge >= 0.3 is 5.97 Å². The van der Waals surface area contributed by atoms with Crippen LogP contribution >= 0.6 is 11.6 Å². The molecule has 2 saturated carbocycles. The Labute approximate surface area is 220 Å². The third-order valence-corrected chi connectivity index (χ3v) is 7.75. The molecular weight excluding hydrogens is 490 g/mol. The molecule has 2 fully saturated rings. The number of pyridine rings is 1. The number of hydrogen-bond donors (Lipinski definition) is 1. The molecule has 192 valence electrons. The number of halogens is 1. The molecule has 2 aliphatic carbocycles. The Morgan fingerprint density at radius 3 is 2.41 bits per heavy atom. The summed E-state index contributed by atoms with van der Waals surface area (Å²) in [6.45, 7) is 7.66. The van der Waals surface area contributed by atoms with Crippen LogP contribution in [0.4, 0.5) is 0 Å². The third kappa shape index (κ3) is 4.29. The van der Waals surface area contributed by atoms with Crippen LogP contribution in [0.25, 0.3) is 33.3 Å². The van der Waals surface area contributed by atoms with E-state index in [0.29, 0.717) is 34.2 Å². The highest BCUT2D eigenvalue weighted by Gasteiger charge is 2.43. The predicted molar refractivity (Wildman–Crippen MR) is 142 cm³/mol. The molecule has 0 unspecified atom stereocenters. The van der Waals surface area contributed by atoms with Gasteiger partial charge in [-0.25, -0.2) is 9.78 Å². The Bertz CT molecular complexity index is 1500. The number of ether oxygens (including phenoxy) is 1. The summed E-state index contributed by atoms with van der Waals surface area (Å²) in [5.41, 5.74) is 5.23. The number of benzene rings is 1. The molecule has 7 nitrogen and oxygen atoms in total. The van der Waals surface area contributed by atoms with E-state index in [9.17, 15) is 9.90 Å². The van der Waals surface area contributed by atoms with Gasteiger partial charge in [0.2, 0.25) is 0 Å². The van der Waals surface area contributed by atoms with E-state index in [1.54, 1.807) is 6.07 Å². The summed E-state index contributed by atoms with van der Waals surface area (Å²) in [5, 5.41) is 15.1. The van der Waals surface area contributed by atoms with Crippen molar-refractivity contribution in [1.29, 1.82) is 0 Å². The van der Waals surface area contributed by atoms with Crippen LogP contribution in [0.3, 0.4) is 0 Å². The minimum atomic E-state index is -1.05. The fourth-order valence-electron chi connectivity index (χ4n) is 5.62. The van der Waals surface area contributed by atoms with Gasteiger partial charge in [0.15, 0.2) is 0 Å². The molecule has 6 rings (SSSR count). The van der Waals surface area contributed by atoms with Crippen molar-refractivity contribution in [3.8, 4) is 28.0 Å². The average molecular weight is 520 g/mol. The molecule has 1 N–H and O–H groups in total. The SMILES string of the molecule is Cc1noc(C)c1-c1cnc2c(c1)c(-c1c(Cl)cc(C(=O)O)cc1OC(C)C)cn2C(C1CC1)C1CC1. The molecule has 1 aromatic carbocycles. The average Bonchev–Trinajstić information content (AvgIpc) is 3.77. The maximum Gasteiger partial charge on any atom is 0.335 e. The van der Waals surface area contributed by atoms with Crippen molar-refractivity contribution in [3.05, 3.63) is 52.6 Å². The quantitative estimate of drug-likeness (QED) is 0.259. The second-order valence-corrected chi connectivity index (χ2v) is 11.1. The molecule has 3 heterocycles. The van der Waals surface area contributed by atoms with Crippen molar-refractivity contribution < 1.29 is 19.2 Å². The highest BCUT2D eigenvalue weighted by molar-refractivity contribution is 6.34. The summed E-state index contributed by atoms with van der Waals surface area (Å²) >= 11 is 6.83. The predicted octanol–water partition coefficient (Wildman–Crippen LogP) is 7.48. The minimum absolute atomic E-state index is 0.0940. The topological polar surface area (TPSA) is 90.4 Å². The second kappa shape index (κ2) is 8.91. The van der Waals surface area contributed by atoms with Gasteiger partial charge in [-0.15, -0.1) is 0 Å². The van der Waals surface area contributed by atoms with Crippen molar-refractivity contribution in [2.45, 2.75) is 65.5 Å². The summed E-state index contributed by atoms with van der Waals surface area (Å²) in [6, 6.07) is 5.59. The fourth-order valence-corrected chi connectivity index (χ4v) is 5.93. The molecule has 0 atom stereocenters. The van der Waals surface area contributed by atoms with Gasteiger partial charge in [-0.1, -0.05) is 16.8 Å². The van der Waals surface area contributed by atoms with Crippen molar-refractivity contribution in [3.63, 3.8) is 0 Å². The van der Waals surface area contributed by atoms with Crippen LogP contribution in [0.15, 0.2) is 35.1 Å². The Balaban J connectivity index is 1.63. The van der Waals surface area contributed by atoms with E-state index in [4.69, 9.17) is 25.8 Å². The van der Waals surface area contributed by atoms with Gasteiger partial charge in [0.05, 0.1) is 22.4 Å². The Morgan fingerprint density at radius 1 is 1.14 bits per heavy atom. The van der Waals surface area contributed by atoms with Crippen molar-refractivity contribution in [2.24, 2.45) is 11.8 Å². The lowest BCUT2D eigenvalue weighted by molar-refractivity contribution is 0.0696. The van der Waals surface area contributed by atoms with Crippen LogP contribution in [-0.4, -0.2) is 31.9 Å². The molecule has 37 heavy (non-hydrogen) atoms. The molecule has 0 saturated heterocycles. The first-order chi connectivity index (χ1) is 17.7. The monoisotopic (exact) mass is 519 g/mol. The number of fused-ring (bicyclic) bond motifs is 1. The largest absolute Gasteiger partial charge is 0.490 e. The van der Waals surface area contributed by atoms with Gasteiger partial charge in [-0.2, -0.15) is 0 Å². The summed E-state index contributed by atoms with van der Waals surface area (Å²) in [4.78, 5) is 16.8. The zero-order chi connectivity index (χ0) is 26.0. The third-order valence-electron chi connectivity index (χ3n) is 7.46. The van der Waals surface area contributed by atoms with Crippen molar-refractivity contribution in [2.75, 3.05) is 0 Å². The lowest BCUT2D eigenvalue weighted by Gasteiger charge is -2.19. The van der Waals surface area contributed by atoms with Gasteiger partial charge in [-0.05, 0) is 83.4 Å². The molecule has 3 aromatic heterocycles. The maximum absolute atomic E-state index is 11.8. The lowest BCUT2D eigenvalue weighted by Crippen LogP contribution is -2.13. The van der Waals surface area contributed by atoms with Crippen LogP contribution < -0.4 is 4.74 Å². The van der Waals surface area contributed by atoms with E-state index >= 15 is 0 Å². The number of rotatable bonds is 8. The number of hydrogen-bond acceptors (Lipinski definition) is 5. The van der Waals surface area contributed by atoms with Crippen LogP contribution in [0.5, 0.6) is 5.75 Å². The van der Waals surface area contributed by atoms with E-state index in [1.807, 2.05) is 33.9 Å². The van der Waals surface area contributed by atoms with E-state index in [-0.39, 0.29) is 11.7 Å². The number of carboxylic acids is 1. The minimum Gasteiger partial charge on any atom is -0.490 e. The summed E-state index contributed by atoms with van der Waals surface area (Å²) < 4.78 is 13.9. The van der Waals surface area contributed by atoms with E-state index in [2.05, 4.69) is 22.0 Å². The van der Waals surface area contributed by atoms with Gasteiger partial charge in [0, 0.05) is 46.1 Å². The number of carbonyl (C=O) groups is 1. The lowest BCUT2D eigenvalue weighted by atomic mass is 9.99. The normalized spacial score (nSPS) is 15.8. The van der Waals surface area contributed by atoms with Crippen LogP contribution in [-0.2, 0) is 0 Å². The first-order valence-corrected chi connectivity index (χ1v) is 13.3. The maximum atomic E-state index is 11.8. The summed E-state index contributed by atoms with van der Waals surface area (Å²) in [6.07, 6.45) is 8.85. The van der Waals surface area contributed by atoms with Crippen molar-refractivity contribution in [1.82, 2.24) is 14.7 Å².